The Morgan fingerprint density at radius 3 is 1.82 bits per heavy atom. The minimum atomic E-state index is -7.04. The maximum atomic E-state index is 14.3. The summed E-state index contributed by atoms with van der Waals surface area (Å²) in [4.78, 5) is 3.30. The molecule has 0 aromatic carbocycles. The van der Waals surface area contributed by atoms with Gasteiger partial charge in [-0.05, 0) is 31.4 Å². The summed E-state index contributed by atoms with van der Waals surface area (Å²) in [7, 11) is -4.39. The fourth-order valence-electron chi connectivity index (χ4n) is 2.88. The van der Waals surface area contributed by atoms with Crippen LogP contribution in [0.15, 0.2) is 24.4 Å². The van der Waals surface area contributed by atoms with E-state index >= 15 is 0 Å². The van der Waals surface area contributed by atoms with Crippen LogP contribution in [-0.2, 0) is 13.6 Å². The summed E-state index contributed by atoms with van der Waals surface area (Å²) < 4.78 is 157. The van der Waals surface area contributed by atoms with Crippen molar-refractivity contribution >= 4 is 12.9 Å². The van der Waals surface area contributed by atoms with E-state index in [1.807, 2.05) is 0 Å². The molecule has 34 heavy (non-hydrogen) atoms. The zero-order valence-electron chi connectivity index (χ0n) is 18.3. The second-order valence-electron chi connectivity index (χ2n) is 7.75. The van der Waals surface area contributed by atoms with Crippen molar-refractivity contribution in [2.75, 3.05) is 13.2 Å². The molecule has 0 radical (unpaired) electrons. The molecule has 0 aliphatic rings. The van der Waals surface area contributed by atoms with Crippen LogP contribution < -0.4 is 0 Å². The number of nitrogens with zero attached hydrogens (tertiary/aromatic N) is 1. The molecular formula is C19H22F10NO3P. The normalized spacial score (nSPS) is 15.1. The van der Waals surface area contributed by atoms with E-state index in [0.717, 1.165) is 32.2 Å². The molecule has 1 aromatic rings. The van der Waals surface area contributed by atoms with Crippen molar-refractivity contribution in [1.82, 2.24) is 4.98 Å². The lowest BCUT2D eigenvalue weighted by molar-refractivity contribution is -0.398. The molecule has 0 amide bonds. The van der Waals surface area contributed by atoms with Crippen LogP contribution in [0.3, 0.4) is 0 Å². The average molecular weight is 533 g/mol. The first-order valence-corrected chi connectivity index (χ1v) is 11.2. The van der Waals surface area contributed by atoms with Gasteiger partial charge in [-0.15, -0.1) is 0 Å². The molecular weight excluding hydrogens is 511 g/mol. The summed E-state index contributed by atoms with van der Waals surface area (Å²) >= 11 is 0. The van der Waals surface area contributed by atoms with Gasteiger partial charge < -0.3 is 9.05 Å². The van der Waals surface area contributed by atoms with E-state index < -0.39 is 54.6 Å². The zero-order chi connectivity index (χ0) is 26.8. The highest BCUT2D eigenvalue weighted by atomic mass is 31.2. The van der Waals surface area contributed by atoms with Crippen LogP contribution in [0.1, 0.15) is 39.7 Å². The summed E-state index contributed by atoms with van der Waals surface area (Å²) in [6.45, 7) is 3.87. The largest absolute Gasteiger partial charge is 0.460 e. The number of alkyl halides is 9. The van der Waals surface area contributed by atoms with E-state index in [2.05, 4.69) is 4.98 Å². The average Bonchev–Trinajstić information content (AvgIpc) is 2.65. The summed E-state index contributed by atoms with van der Waals surface area (Å²) in [5.74, 6) is -20.7. The number of pyridine rings is 1. The van der Waals surface area contributed by atoms with E-state index in [-0.39, 0.29) is 18.8 Å². The predicted octanol–water partition coefficient (Wildman–Crippen LogP) is 7.71. The molecule has 0 saturated heterocycles. The molecule has 0 aliphatic heterocycles. The fourth-order valence-corrected chi connectivity index (χ4v) is 4.86. The number of hydrogen-bond donors (Lipinski definition) is 0. The maximum absolute atomic E-state index is 14.3. The molecule has 0 fully saturated rings. The first-order valence-electron chi connectivity index (χ1n) is 9.62. The molecule has 1 aromatic heterocycles. The summed E-state index contributed by atoms with van der Waals surface area (Å²) in [6.07, 6.45) is -7.73. The number of allylic oxidation sites excluding steroid dienone is 1. The van der Waals surface area contributed by atoms with E-state index in [1.165, 1.54) is 13.8 Å². The van der Waals surface area contributed by atoms with Gasteiger partial charge in [0.15, 0.2) is 0 Å². The van der Waals surface area contributed by atoms with E-state index in [9.17, 15) is 48.5 Å². The van der Waals surface area contributed by atoms with Gasteiger partial charge in [-0.3, -0.25) is 4.57 Å². The number of halogens is 10. The topological polar surface area (TPSA) is 48.4 Å². The highest BCUT2D eigenvalue weighted by Crippen LogP contribution is 2.62. The van der Waals surface area contributed by atoms with Crippen molar-refractivity contribution in [2.24, 2.45) is 5.41 Å². The minimum absolute atomic E-state index is 0.213. The van der Waals surface area contributed by atoms with Crippen LogP contribution in [0.4, 0.5) is 43.9 Å². The lowest BCUT2D eigenvalue weighted by Crippen LogP contribution is -2.61. The van der Waals surface area contributed by atoms with Gasteiger partial charge in [0.05, 0.1) is 18.5 Å². The Labute approximate surface area is 188 Å². The minimum Gasteiger partial charge on any atom is -0.305 e. The van der Waals surface area contributed by atoms with Crippen molar-refractivity contribution < 1.29 is 57.5 Å². The molecule has 0 atom stereocenters. The molecule has 0 bridgehead atoms. The molecule has 0 unspecified atom stereocenters. The van der Waals surface area contributed by atoms with Gasteiger partial charge in [-0.1, -0.05) is 19.9 Å². The van der Waals surface area contributed by atoms with Crippen molar-refractivity contribution in [1.29, 1.82) is 0 Å². The third-order valence-electron chi connectivity index (χ3n) is 4.33. The second-order valence-corrected chi connectivity index (χ2v) is 9.74. The van der Waals surface area contributed by atoms with Gasteiger partial charge >= 0.3 is 31.5 Å². The van der Waals surface area contributed by atoms with E-state index in [0.29, 0.717) is 6.08 Å². The number of hydrogen-bond acceptors (Lipinski definition) is 4. The second kappa shape index (κ2) is 10.1. The van der Waals surface area contributed by atoms with Crippen molar-refractivity contribution in [3.63, 3.8) is 0 Å². The van der Waals surface area contributed by atoms with E-state index in [1.54, 1.807) is 0 Å². The molecule has 0 spiro atoms. The molecule has 1 rings (SSSR count). The van der Waals surface area contributed by atoms with Gasteiger partial charge in [-0.25, -0.2) is 4.98 Å². The Bertz CT molecular complexity index is 904. The van der Waals surface area contributed by atoms with Crippen LogP contribution in [0.2, 0.25) is 0 Å². The zero-order valence-corrected chi connectivity index (χ0v) is 19.2. The Balaban J connectivity index is 3.63. The molecule has 1 heterocycles. The smallest absolute Gasteiger partial charge is 0.305 e. The third-order valence-corrected chi connectivity index (χ3v) is 6.50. The van der Waals surface area contributed by atoms with Crippen LogP contribution >= 0.6 is 7.60 Å². The summed E-state index contributed by atoms with van der Waals surface area (Å²) in [5, 5.41) is -0.546. The Hall–Kier alpha value is -1.66. The SMILES string of the molecule is CCOP(=O)(OCC)/C(=C/C(C)(C)CC(F)(F)C(F)(F)C(F)(F)C(F)(F)F)c1ccc(F)nc1. The standard InChI is InChI=1S/C19H22F10NO3P/c1-5-32-34(31,33-6-2)13(12-7-8-14(20)30-10-12)9-15(3,4)11-16(21,22)17(23,24)18(25,26)19(27,28)29/h7-10H,5-6,11H2,1-4H3/b13-9+. The highest BCUT2D eigenvalue weighted by molar-refractivity contribution is 7.65. The number of rotatable bonds is 11. The van der Waals surface area contributed by atoms with Crippen LogP contribution in [0.25, 0.3) is 5.31 Å². The van der Waals surface area contributed by atoms with E-state index in [4.69, 9.17) is 9.05 Å². The molecule has 4 nitrogen and oxygen atoms in total. The first-order chi connectivity index (χ1) is 15.2. The molecule has 0 aliphatic carbocycles. The van der Waals surface area contributed by atoms with Gasteiger partial charge in [0.2, 0.25) is 5.95 Å². The Morgan fingerprint density at radius 2 is 1.44 bits per heavy atom. The van der Waals surface area contributed by atoms with Gasteiger partial charge in [0.25, 0.3) is 0 Å². The quantitative estimate of drug-likeness (QED) is 0.166. The predicted molar refractivity (Wildman–Crippen MR) is 102 cm³/mol. The molecule has 0 N–H and O–H groups in total. The van der Waals surface area contributed by atoms with Crippen LogP contribution in [-0.4, -0.2) is 42.1 Å². The number of aromatic nitrogens is 1. The Kier molecular flexibility index (Phi) is 9.06. The lowest BCUT2D eigenvalue weighted by atomic mass is 9.82. The van der Waals surface area contributed by atoms with Crippen molar-refractivity contribution in [2.45, 2.75) is 58.1 Å². The highest BCUT2D eigenvalue weighted by Gasteiger charge is 2.81. The van der Waals surface area contributed by atoms with Crippen molar-refractivity contribution in [3.8, 4) is 0 Å². The molecule has 15 heteroatoms. The summed E-state index contributed by atoms with van der Waals surface area (Å²) in [5.41, 5.74) is -2.50. The molecule has 0 saturated carbocycles. The van der Waals surface area contributed by atoms with Gasteiger partial charge in [0, 0.05) is 18.2 Å². The lowest BCUT2D eigenvalue weighted by Gasteiger charge is -2.37. The van der Waals surface area contributed by atoms with Crippen LogP contribution in [0.5, 0.6) is 0 Å². The third kappa shape index (κ3) is 6.31. The van der Waals surface area contributed by atoms with Gasteiger partial charge in [0.1, 0.15) is 0 Å². The fraction of sp³-hybridized carbons (Fsp3) is 0.632. The Morgan fingerprint density at radius 1 is 0.941 bits per heavy atom. The van der Waals surface area contributed by atoms with Crippen LogP contribution in [0, 0.1) is 11.4 Å². The monoisotopic (exact) mass is 533 g/mol. The maximum Gasteiger partial charge on any atom is 0.460 e. The molecule has 196 valence electrons. The first kappa shape index (κ1) is 30.4. The van der Waals surface area contributed by atoms with Gasteiger partial charge in [-0.2, -0.15) is 43.9 Å². The van der Waals surface area contributed by atoms with Crippen molar-refractivity contribution in [3.05, 3.63) is 35.9 Å². The summed E-state index contributed by atoms with van der Waals surface area (Å²) in [6, 6.07) is 1.77.